The molecule has 3 aliphatic rings. The van der Waals surface area contributed by atoms with Gasteiger partial charge in [-0.2, -0.15) is 0 Å². The highest BCUT2D eigenvalue weighted by Gasteiger charge is 2.48. The van der Waals surface area contributed by atoms with Gasteiger partial charge >= 0.3 is 0 Å². The molecule has 4 heteroatoms. The molecule has 0 radical (unpaired) electrons. The Morgan fingerprint density at radius 2 is 1.94 bits per heavy atom. The Hall–Kier alpha value is -1.06. The van der Waals surface area contributed by atoms with E-state index in [4.69, 9.17) is 0 Å². The van der Waals surface area contributed by atoms with E-state index < -0.39 is 5.54 Å². The van der Waals surface area contributed by atoms with E-state index in [1.165, 1.54) is 12.8 Å². The van der Waals surface area contributed by atoms with Gasteiger partial charge in [0.1, 0.15) is 5.54 Å². The maximum absolute atomic E-state index is 12.6. The van der Waals surface area contributed by atoms with Crippen molar-refractivity contribution in [2.45, 2.75) is 51.0 Å². The molecule has 2 unspecified atom stereocenters. The summed E-state index contributed by atoms with van der Waals surface area (Å²) in [5.41, 5.74) is -0.550. The van der Waals surface area contributed by atoms with Crippen molar-refractivity contribution in [1.29, 1.82) is 0 Å². The summed E-state index contributed by atoms with van der Waals surface area (Å²) in [5.74, 6) is 1.57. The first-order chi connectivity index (χ1) is 8.61. The van der Waals surface area contributed by atoms with Crippen molar-refractivity contribution >= 4 is 11.8 Å². The quantitative estimate of drug-likeness (QED) is 0.803. The third kappa shape index (κ3) is 2.02. The minimum absolute atomic E-state index is 0.0322. The van der Waals surface area contributed by atoms with Gasteiger partial charge in [-0.25, -0.2) is 0 Å². The summed E-state index contributed by atoms with van der Waals surface area (Å²) in [6.45, 7) is 3.27. The molecule has 2 aliphatic carbocycles. The van der Waals surface area contributed by atoms with Crippen molar-refractivity contribution in [3.05, 3.63) is 0 Å². The molecule has 100 valence electrons. The van der Waals surface area contributed by atoms with Crippen molar-refractivity contribution in [3.8, 4) is 0 Å². The zero-order valence-electron chi connectivity index (χ0n) is 11.1. The highest BCUT2D eigenvalue weighted by atomic mass is 16.2. The first kappa shape index (κ1) is 12.0. The van der Waals surface area contributed by atoms with E-state index in [0.29, 0.717) is 5.92 Å². The van der Waals surface area contributed by atoms with Crippen LogP contribution in [0.1, 0.15) is 45.4 Å². The smallest absolute Gasteiger partial charge is 0.248 e. The third-order valence-corrected chi connectivity index (χ3v) is 4.85. The predicted octanol–water partition coefficient (Wildman–Crippen LogP) is 1.30. The number of nitrogens with zero attached hydrogens (tertiary/aromatic N) is 1. The number of carbonyl (C=O) groups excluding carboxylic acids is 2. The summed E-state index contributed by atoms with van der Waals surface area (Å²) in [6, 6.07) is 0. The molecule has 0 aromatic carbocycles. The van der Waals surface area contributed by atoms with E-state index in [-0.39, 0.29) is 18.4 Å². The van der Waals surface area contributed by atoms with Crippen molar-refractivity contribution in [1.82, 2.24) is 10.2 Å². The van der Waals surface area contributed by atoms with E-state index in [9.17, 15) is 9.59 Å². The largest absolute Gasteiger partial charge is 0.340 e. The highest BCUT2D eigenvalue weighted by molar-refractivity contribution is 5.98. The predicted molar refractivity (Wildman–Crippen MR) is 67.8 cm³/mol. The number of hydrogen-bond acceptors (Lipinski definition) is 2. The van der Waals surface area contributed by atoms with Crippen LogP contribution in [0.2, 0.25) is 0 Å². The summed E-state index contributed by atoms with van der Waals surface area (Å²) in [4.78, 5) is 26.3. The summed E-state index contributed by atoms with van der Waals surface area (Å²) in [6.07, 6.45) is 6.16. The van der Waals surface area contributed by atoms with Crippen LogP contribution in [-0.4, -0.2) is 35.3 Å². The number of nitrogens with one attached hydrogen (secondary N) is 1. The van der Waals surface area contributed by atoms with Crippen LogP contribution in [0, 0.1) is 11.8 Å². The number of hydrogen-bond donors (Lipinski definition) is 1. The Bertz CT molecular complexity index is 374. The van der Waals surface area contributed by atoms with Gasteiger partial charge in [-0.15, -0.1) is 0 Å². The number of carbonyl (C=O) groups is 2. The molecule has 0 bridgehead atoms. The van der Waals surface area contributed by atoms with E-state index in [1.807, 2.05) is 4.90 Å². The summed E-state index contributed by atoms with van der Waals surface area (Å²) < 4.78 is 0. The van der Waals surface area contributed by atoms with Gasteiger partial charge in [0.15, 0.2) is 0 Å². The van der Waals surface area contributed by atoms with E-state index >= 15 is 0 Å². The Labute approximate surface area is 108 Å². The lowest BCUT2D eigenvalue weighted by Gasteiger charge is -2.44. The molecule has 1 saturated heterocycles. The Balaban J connectivity index is 1.74. The van der Waals surface area contributed by atoms with Gasteiger partial charge in [0, 0.05) is 6.54 Å². The topological polar surface area (TPSA) is 49.4 Å². The second kappa shape index (κ2) is 4.25. The number of amides is 2. The van der Waals surface area contributed by atoms with Gasteiger partial charge in [0.05, 0.1) is 6.54 Å². The van der Waals surface area contributed by atoms with Crippen LogP contribution in [0.15, 0.2) is 0 Å². The fourth-order valence-corrected chi connectivity index (χ4v) is 3.49. The van der Waals surface area contributed by atoms with E-state index in [1.54, 1.807) is 0 Å². The van der Waals surface area contributed by atoms with Crippen LogP contribution in [0.25, 0.3) is 0 Å². The normalized spacial score (nSPS) is 34.6. The van der Waals surface area contributed by atoms with Crippen LogP contribution in [-0.2, 0) is 9.59 Å². The molecule has 1 aliphatic heterocycles. The van der Waals surface area contributed by atoms with Gasteiger partial charge in [-0.3, -0.25) is 9.59 Å². The van der Waals surface area contributed by atoms with Gasteiger partial charge in [-0.1, -0.05) is 26.2 Å². The molecule has 2 amide bonds. The van der Waals surface area contributed by atoms with Crippen molar-refractivity contribution in [2.24, 2.45) is 11.8 Å². The number of rotatable bonds is 2. The van der Waals surface area contributed by atoms with Crippen molar-refractivity contribution < 1.29 is 9.59 Å². The lowest BCUT2D eigenvalue weighted by Crippen LogP contribution is -2.67. The minimum Gasteiger partial charge on any atom is -0.340 e. The van der Waals surface area contributed by atoms with Crippen LogP contribution in [0.3, 0.4) is 0 Å². The molecule has 0 aromatic rings. The molecule has 18 heavy (non-hydrogen) atoms. The second-order valence-electron chi connectivity index (χ2n) is 6.35. The first-order valence-electron chi connectivity index (χ1n) is 7.21. The van der Waals surface area contributed by atoms with Crippen LogP contribution < -0.4 is 5.32 Å². The minimum atomic E-state index is -0.550. The van der Waals surface area contributed by atoms with Crippen molar-refractivity contribution in [2.75, 3.05) is 13.1 Å². The maximum Gasteiger partial charge on any atom is 0.248 e. The molecule has 1 spiro atoms. The second-order valence-corrected chi connectivity index (χ2v) is 6.35. The summed E-state index contributed by atoms with van der Waals surface area (Å²) >= 11 is 0. The van der Waals surface area contributed by atoms with E-state index in [0.717, 1.165) is 38.1 Å². The average Bonchev–Trinajstić information content (AvgIpc) is 3.03. The molecule has 2 atom stereocenters. The molecular formula is C14H22N2O2. The molecule has 1 N–H and O–H groups in total. The van der Waals surface area contributed by atoms with Crippen molar-refractivity contribution in [3.63, 3.8) is 0 Å². The Morgan fingerprint density at radius 3 is 2.56 bits per heavy atom. The monoisotopic (exact) mass is 250 g/mol. The molecule has 4 nitrogen and oxygen atoms in total. The van der Waals surface area contributed by atoms with Gasteiger partial charge in [0.25, 0.3) is 0 Å². The fourth-order valence-electron chi connectivity index (χ4n) is 3.49. The summed E-state index contributed by atoms with van der Waals surface area (Å²) in [5, 5.41) is 2.99. The molecule has 2 saturated carbocycles. The maximum atomic E-state index is 12.6. The molecular weight excluding hydrogens is 228 g/mol. The first-order valence-corrected chi connectivity index (χ1v) is 7.21. The van der Waals surface area contributed by atoms with Gasteiger partial charge in [0.2, 0.25) is 11.8 Å². The number of piperazine rings is 1. The molecule has 3 fully saturated rings. The van der Waals surface area contributed by atoms with Gasteiger partial charge < -0.3 is 10.2 Å². The van der Waals surface area contributed by atoms with Crippen LogP contribution in [0.5, 0.6) is 0 Å². The average molecular weight is 250 g/mol. The van der Waals surface area contributed by atoms with Crippen LogP contribution in [0.4, 0.5) is 0 Å². The fraction of sp³-hybridized carbons (Fsp3) is 0.857. The summed E-state index contributed by atoms with van der Waals surface area (Å²) in [7, 11) is 0. The van der Waals surface area contributed by atoms with E-state index in [2.05, 4.69) is 12.2 Å². The lowest BCUT2D eigenvalue weighted by atomic mass is 9.79. The Morgan fingerprint density at radius 1 is 1.28 bits per heavy atom. The Kier molecular flexibility index (Phi) is 2.83. The lowest BCUT2D eigenvalue weighted by molar-refractivity contribution is -0.151. The highest BCUT2D eigenvalue weighted by Crippen LogP contribution is 2.39. The standard InChI is InChI=1S/C14H22N2O2/c1-10-7-11(10)8-16-9-12(17)15-14(13(16)18)5-3-2-4-6-14/h10-11H,2-9H2,1H3,(H,15,17). The zero-order chi connectivity index (χ0) is 12.8. The molecule has 0 aromatic heterocycles. The zero-order valence-corrected chi connectivity index (χ0v) is 11.1. The SMILES string of the molecule is CC1CC1CN1CC(=O)NC2(CCCCC2)C1=O. The van der Waals surface area contributed by atoms with Crippen LogP contribution >= 0.6 is 0 Å². The van der Waals surface area contributed by atoms with Gasteiger partial charge in [-0.05, 0) is 31.1 Å². The third-order valence-electron chi connectivity index (χ3n) is 4.85. The molecule has 3 rings (SSSR count). The molecule has 1 heterocycles.